The molecule has 0 aliphatic rings. The third kappa shape index (κ3) is 4.38. The first-order valence-electron chi connectivity index (χ1n) is 6.57. The van der Waals surface area contributed by atoms with Crippen molar-refractivity contribution in [2.45, 2.75) is 6.18 Å². The molecule has 142 valence electrons. The van der Waals surface area contributed by atoms with Crippen molar-refractivity contribution in [2.75, 3.05) is 0 Å². The van der Waals surface area contributed by atoms with Gasteiger partial charge in [-0.3, -0.25) is 30.3 Å². The number of hydrogen-bond acceptors (Lipinski definition) is 7. The lowest BCUT2D eigenvalue weighted by Crippen LogP contribution is -2.08. The van der Waals surface area contributed by atoms with Gasteiger partial charge in [0.25, 0.3) is 11.4 Å². The number of ether oxygens (including phenoxy) is 1. The molecule has 0 bridgehead atoms. The molecule has 2 rings (SSSR count). The number of halogens is 4. The van der Waals surface area contributed by atoms with E-state index < -0.39 is 55.1 Å². The van der Waals surface area contributed by atoms with Gasteiger partial charge in [-0.25, -0.2) is 0 Å². The maximum absolute atomic E-state index is 12.8. The average molecular weight is 408 g/mol. The van der Waals surface area contributed by atoms with E-state index in [0.29, 0.717) is 0 Å². The van der Waals surface area contributed by atoms with Crippen LogP contribution in [0.15, 0.2) is 30.3 Å². The van der Waals surface area contributed by atoms with Gasteiger partial charge in [-0.1, -0.05) is 11.6 Å². The maximum Gasteiger partial charge on any atom is 0.416 e. The normalized spacial score (nSPS) is 11.1. The van der Waals surface area contributed by atoms with Crippen molar-refractivity contribution in [3.63, 3.8) is 0 Å². The molecule has 27 heavy (non-hydrogen) atoms. The Labute approximate surface area is 151 Å². The van der Waals surface area contributed by atoms with Gasteiger partial charge in [-0.2, -0.15) is 13.2 Å². The standard InChI is InChI=1S/C13H5ClF3N3O7/c14-7-3-8(18(21)22)5-9(4-7)27-12-10(19(23)24)1-6(13(15,16)17)2-11(12)20(25)26/h1-5H. The number of benzene rings is 2. The van der Waals surface area contributed by atoms with Gasteiger partial charge in [0.1, 0.15) is 5.75 Å². The first kappa shape index (κ1) is 19.8. The van der Waals surface area contributed by atoms with E-state index in [-0.39, 0.29) is 17.2 Å². The Morgan fingerprint density at radius 1 is 0.852 bits per heavy atom. The first-order chi connectivity index (χ1) is 12.4. The molecule has 0 aromatic heterocycles. The van der Waals surface area contributed by atoms with Crippen LogP contribution in [0.3, 0.4) is 0 Å². The molecule has 14 heteroatoms. The minimum absolute atomic E-state index is 0.0568. The van der Waals surface area contributed by atoms with Crippen molar-refractivity contribution in [1.82, 2.24) is 0 Å². The van der Waals surface area contributed by atoms with Crippen molar-refractivity contribution in [3.05, 3.63) is 71.3 Å². The average Bonchev–Trinajstić information content (AvgIpc) is 2.52. The molecule has 0 heterocycles. The molecule has 0 spiro atoms. The minimum Gasteiger partial charge on any atom is -0.444 e. The molecule has 0 atom stereocenters. The zero-order chi connectivity index (χ0) is 20.5. The summed E-state index contributed by atoms with van der Waals surface area (Å²) in [5, 5.41) is 32.8. The van der Waals surface area contributed by atoms with Crippen LogP contribution < -0.4 is 4.74 Å². The van der Waals surface area contributed by atoms with Crippen LogP contribution >= 0.6 is 11.6 Å². The van der Waals surface area contributed by atoms with Gasteiger partial charge in [-0.15, -0.1) is 0 Å². The topological polar surface area (TPSA) is 139 Å². The highest BCUT2D eigenvalue weighted by molar-refractivity contribution is 6.30. The molecule has 0 saturated heterocycles. The van der Waals surface area contributed by atoms with Crippen LogP contribution in [0.4, 0.5) is 30.2 Å². The lowest BCUT2D eigenvalue weighted by Gasteiger charge is -2.11. The SMILES string of the molecule is O=[N+]([O-])c1cc(Cl)cc(Oc2c([N+](=O)[O-])cc(C(F)(F)F)cc2[N+](=O)[O-])c1. The molecule has 0 fully saturated rings. The zero-order valence-electron chi connectivity index (χ0n) is 12.6. The molecule has 0 N–H and O–H groups in total. The molecule has 0 amide bonds. The van der Waals surface area contributed by atoms with Crippen LogP contribution in [-0.2, 0) is 6.18 Å². The monoisotopic (exact) mass is 407 g/mol. The van der Waals surface area contributed by atoms with Crippen LogP contribution in [-0.4, -0.2) is 14.8 Å². The number of nitro groups is 3. The first-order valence-corrected chi connectivity index (χ1v) is 6.95. The number of alkyl halides is 3. The number of non-ortho nitro benzene ring substituents is 1. The van der Waals surface area contributed by atoms with E-state index in [1.165, 1.54) is 0 Å². The number of nitrogens with zero attached hydrogens (tertiary/aromatic N) is 3. The highest BCUT2D eigenvalue weighted by atomic mass is 35.5. The zero-order valence-corrected chi connectivity index (χ0v) is 13.4. The molecule has 0 radical (unpaired) electrons. The molecule has 0 saturated carbocycles. The second-order valence-corrected chi connectivity index (χ2v) is 5.30. The Bertz CT molecular complexity index is 930. The second-order valence-electron chi connectivity index (χ2n) is 4.86. The Balaban J connectivity index is 2.70. The van der Waals surface area contributed by atoms with Gasteiger partial charge in [0.15, 0.2) is 0 Å². The summed E-state index contributed by atoms with van der Waals surface area (Å²) in [6.45, 7) is 0. The van der Waals surface area contributed by atoms with Gasteiger partial charge in [0.05, 0.1) is 31.4 Å². The van der Waals surface area contributed by atoms with Gasteiger partial charge in [0, 0.05) is 18.2 Å². The summed E-state index contributed by atoms with van der Waals surface area (Å²) < 4.78 is 43.5. The molecular formula is C13H5ClF3N3O7. The second kappa shape index (κ2) is 7.03. The Morgan fingerprint density at radius 3 is 1.78 bits per heavy atom. The fraction of sp³-hybridized carbons (Fsp3) is 0.0769. The van der Waals surface area contributed by atoms with Crippen LogP contribution in [0, 0.1) is 30.3 Å². The van der Waals surface area contributed by atoms with Gasteiger partial charge < -0.3 is 4.74 Å². The van der Waals surface area contributed by atoms with Gasteiger partial charge in [-0.05, 0) is 6.07 Å². The fourth-order valence-corrected chi connectivity index (χ4v) is 2.19. The summed E-state index contributed by atoms with van der Waals surface area (Å²) in [6.07, 6.45) is -5.09. The van der Waals surface area contributed by atoms with Crippen molar-refractivity contribution in [3.8, 4) is 11.5 Å². The van der Waals surface area contributed by atoms with Crippen LogP contribution in [0.25, 0.3) is 0 Å². The third-order valence-electron chi connectivity index (χ3n) is 3.06. The summed E-state index contributed by atoms with van der Waals surface area (Å²) in [6, 6.07) is 2.71. The minimum atomic E-state index is -5.09. The highest BCUT2D eigenvalue weighted by Gasteiger charge is 2.38. The van der Waals surface area contributed by atoms with E-state index in [9.17, 15) is 43.5 Å². The van der Waals surface area contributed by atoms with Crippen LogP contribution in [0.5, 0.6) is 11.5 Å². The number of hydrogen-bond donors (Lipinski definition) is 0. The lowest BCUT2D eigenvalue weighted by atomic mass is 10.1. The van der Waals surface area contributed by atoms with Crippen molar-refractivity contribution in [1.29, 1.82) is 0 Å². The van der Waals surface area contributed by atoms with E-state index >= 15 is 0 Å². The third-order valence-corrected chi connectivity index (χ3v) is 3.28. The highest BCUT2D eigenvalue weighted by Crippen LogP contribution is 2.45. The molecule has 2 aromatic carbocycles. The van der Waals surface area contributed by atoms with E-state index in [1.807, 2.05) is 0 Å². The summed E-state index contributed by atoms with van der Waals surface area (Å²) >= 11 is 5.65. The predicted molar refractivity (Wildman–Crippen MR) is 82.9 cm³/mol. The lowest BCUT2D eigenvalue weighted by molar-refractivity contribution is -0.396. The van der Waals surface area contributed by atoms with Crippen molar-refractivity contribution in [2.24, 2.45) is 0 Å². The maximum atomic E-state index is 12.8. The van der Waals surface area contributed by atoms with Gasteiger partial charge in [0.2, 0.25) is 0 Å². The van der Waals surface area contributed by atoms with E-state index in [1.54, 1.807) is 0 Å². The summed E-state index contributed by atoms with van der Waals surface area (Å²) in [5.41, 5.74) is -4.93. The van der Waals surface area contributed by atoms with Gasteiger partial charge >= 0.3 is 17.6 Å². The quantitative estimate of drug-likeness (QED) is 0.508. The Kier molecular flexibility index (Phi) is 5.16. The number of nitro benzene ring substituents is 3. The molecule has 10 nitrogen and oxygen atoms in total. The van der Waals surface area contributed by atoms with E-state index in [0.717, 1.165) is 18.2 Å². The van der Waals surface area contributed by atoms with Crippen molar-refractivity contribution < 1.29 is 32.7 Å². The Hall–Kier alpha value is -3.48. The Morgan fingerprint density at radius 2 is 1.37 bits per heavy atom. The van der Waals surface area contributed by atoms with Crippen LogP contribution in [0.2, 0.25) is 5.02 Å². The predicted octanol–water partition coefficient (Wildman–Crippen LogP) is 4.88. The summed E-state index contributed by atoms with van der Waals surface area (Å²) in [5.74, 6) is -1.64. The van der Waals surface area contributed by atoms with Crippen molar-refractivity contribution >= 4 is 28.7 Å². The molecular weight excluding hydrogens is 403 g/mol. The van der Waals surface area contributed by atoms with E-state index in [2.05, 4.69) is 0 Å². The summed E-state index contributed by atoms with van der Waals surface area (Å²) in [4.78, 5) is 29.5. The number of rotatable bonds is 5. The molecule has 0 aliphatic carbocycles. The molecule has 0 unspecified atom stereocenters. The molecule has 0 aliphatic heterocycles. The molecule has 2 aromatic rings. The largest absolute Gasteiger partial charge is 0.444 e. The van der Waals surface area contributed by atoms with Crippen LogP contribution in [0.1, 0.15) is 5.56 Å². The fourth-order valence-electron chi connectivity index (χ4n) is 1.97. The summed E-state index contributed by atoms with van der Waals surface area (Å²) in [7, 11) is 0. The van der Waals surface area contributed by atoms with E-state index in [4.69, 9.17) is 16.3 Å². The smallest absolute Gasteiger partial charge is 0.416 e.